The van der Waals surface area contributed by atoms with E-state index in [1.807, 2.05) is 0 Å². The highest BCUT2D eigenvalue weighted by Gasteiger charge is 2.49. The molecule has 0 aromatic heterocycles. The lowest BCUT2D eigenvalue weighted by atomic mass is 9.68. The Hall–Kier alpha value is 0.180. The Balaban J connectivity index is 2.21. The van der Waals surface area contributed by atoms with Crippen molar-refractivity contribution in [3.8, 4) is 5.75 Å². The molecule has 2 rings (SSSR count). The minimum atomic E-state index is -0.0755. The summed E-state index contributed by atoms with van der Waals surface area (Å²) in [5, 5.41) is 1.47. The SMILES string of the molecule is CC1(C)C(Cl)CC1Oc1c(Cl)cc(Cl)cc1Cl. The van der Waals surface area contributed by atoms with E-state index in [0.29, 0.717) is 20.8 Å². The highest BCUT2D eigenvalue weighted by molar-refractivity contribution is 6.40. The van der Waals surface area contributed by atoms with Crippen molar-refractivity contribution in [2.75, 3.05) is 0 Å². The van der Waals surface area contributed by atoms with Crippen molar-refractivity contribution in [2.24, 2.45) is 5.41 Å². The third-order valence-corrected chi connectivity index (χ3v) is 4.80. The monoisotopic (exact) mass is 312 g/mol. The van der Waals surface area contributed by atoms with Gasteiger partial charge in [-0.15, -0.1) is 11.6 Å². The summed E-state index contributed by atoms with van der Waals surface area (Å²) in [5.74, 6) is 0.486. The molecule has 1 aromatic rings. The zero-order chi connectivity index (χ0) is 12.8. The van der Waals surface area contributed by atoms with Gasteiger partial charge in [0.2, 0.25) is 0 Å². The molecule has 0 aliphatic heterocycles. The molecule has 1 saturated carbocycles. The van der Waals surface area contributed by atoms with Crippen LogP contribution in [0.3, 0.4) is 0 Å². The van der Waals surface area contributed by atoms with Crippen molar-refractivity contribution in [3.05, 3.63) is 27.2 Å². The van der Waals surface area contributed by atoms with Gasteiger partial charge in [-0.05, 0) is 12.1 Å². The fourth-order valence-electron chi connectivity index (χ4n) is 1.82. The molecule has 1 aliphatic carbocycles. The highest BCUT2D eigenvalue weighted by Crippen LogP contribution is 2.48. The molecule has 0 bridgehead atoms. The molecular weight excluding hydrogens is 302 g/mol. The third-order valence-electron chi connectivity index (χ3n) is 3.28. The second-order valence-electron chi connectivity index (χ2n) is 4.83. The van der Waals surface area contributed by atoms with E-state index < -0.39 is 0 Å². The number of alkyl halides is 1. The van der Waals surface area contributed by atoms with Crippen molar-refractivity contribution in [2.45, 2.75) is 31.7 Å². The zero-order valence-corrected chi connectivity index (χ0v) is 12.5. The average Bonchev–Trinajstić information content (AvgIpc) is 2.21. The normalized spacial score (nSPS) is 26.5. The summed E-state index contributed by atoms with van der Waals surface area (Å²) >= 11 is 24.1. The van der Waals surface area contributed by atoms with Gasteiger partial charge in [0.25, 0.3) is 0 Å². The van der Waals surface area contributed by atoms with Gasteiger partial charge in [-0.3, -0.25) is 0 Å². The van der Waals surface area contributed by atoms with Crippen LogP contribution in [-0.4, -0.2) is 11.5 Å². The van der Waals surface area contributed by atoms with Crippen LogP contribution in [0.5, 0.6) is 5.75 Å². The second-order valence-corrected chi connectivity index (χ2v) is 6.61. The van der Waals surface area contributed by atoms with Crippen molar-refractivity contribution >= 4 is 46.4 Å². The van der Waals surface area contributed by atoms with Crippen LogP contribution in [-0.2, 0) is 0 Å². The van der Waals surface area contributed by atoms with Gasteiger partial charge in [0.05, 0.1) is 10.0 Å². The molecule has 1 aliphatic rings. The van der Waals surface area contributed by atoms with E-state index in [1.54, 1.807) is 12.1 Å². The quantitative estimate of drug-likeness (QED) is 0.661. The first-order valence-electron chi connectivity index (χ1n) is 5.27. The number of ether oxygens (including phenoxy) is 1. The fraction of sp³-hybridized carbons (Fsp3) is 0.500. The first-order valence-corrected chi connectivity index (χ1v) is 6.84. The molecule has 2 atom stereocenters. The van der Waals surface area contributed by atoms with Crippen molar-refractivity contribution < 1.29 is 4.74 Å². The van der Waals surface area contributed by atoms with Crippen LogP contribution >= 0.6 is 46.4 Å². The summed E-state index contributed by atoms with van der Waals surface area (Å²) in [6, 6.07) is 3.24. The number of hydrogen-bond donors (Lipinski definition) is 0. The van der Waals surface area contributed by atoms with Gasteiger partial charge in [-0.1, -0.05) is 48.7 Å². The van der Waals surface area contributed by atoms with Crippen molar-refractivity contribution in [1.29, 1.82) is 0 Å². The molecule has 2 unspecified atom stereocenters. The Morgan fingerprint density at radius 2 is 1.71 bits per heavy atom. The molecule has 5 heteroatoms. The van der Waals surface area contributed by atoms with Gasteiger partial charge in [0.15, 0.2) is 5.75 Å². The minimum Gasteiger partial charge on any atom is -0.487 e. The summed E-state index contributed by atoms with van der Waals surface area (Å²) in [6.45, 7) is 4.13. The average molecular weight is 314 g/mol. The van der Waals surface area contributed by atoms with E-state index in [-0.39, 0.29) is 16.9 Å². The smallest absolute Gasteiger partial charge is 0.157 e. The molecule has 0 saturated heterocycles. The lowest BCUT2D eigenvalue weighted by molar-refractivity contribution is -0.0128. The van der Waals surface area contributed by atoms with E-state index in [4.69, 9.17) is 51.1 Å². The van der Waals surface area contributed by atoms with Gasteiger partial charge in [0, 0.05) is 22.2 Å². The van der Waals surface area contributed by atoms with Gasteiger partial charge < -0.3 is 4.74 Å². The number of benzene rings is 1. The van der Waals surface area contributed by atoms with Crippen LogP contribution in [0, 0.1) is 5.41 Å². The first-order chi connectivity index (χ1) is 7.82. The Kier molecular flexibility index (Phi) is 3.76. The molecule has 94 valence electrons. The van der Waals surface area contributed by atoms with Crippen molar-refractivity contribution in [1.82, 2.24) is 0 Å². The van der Waals surface area contributed by atoms with E-state index in [1.165, 1.54) is 0 Å². The second kappa shape index (κ2) is 4.70. The van der Waals surface area contributed by atoms with Crippen LogP contribution < -0.4 is 4.74 Å². The molecule has 0 radical (unpaired) electrons. The standard InChI is InChI=1S/C12H12Cl4O/c1-12(2)9(16)5-10(12)17-11-7(14)3-6(13)4-8(11)15/h3-4,9-10H,5H2,1-2H3. The van der Waals surface area contributed by atoms with Gasteiger partial charge in [-0.25, -0.2) is 0 Å². The van der Waals surface area contributed by atoms with Crippen LogP contribution in [0.1, 0.15) is 20.3 Å². The Bertz CT molecular complexity index is 421. The topological polar surface area (TPSA) is 9.23 Å². The van der Waals surface area contributed by atoms with Crippen LogP contribution in [0.25, 0.3) is 0 Å². The van der Waals surface area contributed by atoms with E-state index >= 15 is 0 Å². The zero-order valence-electron chi connectivity index (χ0n) is 9.44. The molecule has 0 N–H and O–H groups in total. The van der Waals surface area contributed by atoms with E-state index in [2.05, 4.69) is 13.8 Å². The predicted molar refractivity (Wildman–Crippen MR) is 73.9 cm³/mol. The first kappa shape index (κ1) is 13.6. The number of hydrogen-bond acceptors (Lipinski definition) is 1. The lowest BCUT2D eigenvalue weighted by Gasteiger charge is -2.48. The maximum atomic E-state index is 6.14. The molecule has 0 amide bonds. The molecule has 1 fully saturated rings. The van der Waals surface area contributed by atoms with E-state index in [9.17, 15) is 0 Å². The maximum absolute atomic E-state index is 6.14. The fourth-order valence-corrected chi connectivity index (χ4v) is 3.03. The maximum Gasteiger partial charge on any atom is 0.157 e. The van der Waals surface area contributed by atoms with Gasteiger partial charge in [0.1, 0.15) is 6.10 Å². The summed E-state index contributed by atoms with van der Waals surface area (Å²) < 4.78 is 5.85. The molecular formula is C12H12Cl4O. The Morgan fingerprint density at radius 3 is 2.12 bits per heavy atom. The summed E-state index contributed by atoms with van der Waals surface area (Å²) in [5.41, 5.74) is -0.0755. The van der Waals surface area contributed by atoms with Crippen LogP contribution in [0.4, 0.5) is 0 Å². The lowest BCUT2D eigenvalue weighted by Crippen LogP contribution is -2.53. The predicted octanol–water partition coefficient (Wildman–Crippen LogP) is 5.43. The third kappa shape index (κ3) is 2.49. The van der Waals surface area contributed by atoms with E-state index in [0.717, 1.165) is 6.42 Å². The van der Waals surface area contributed by atoms with Gasteiger partial charge >= 0.3 is 0 Å². The minimum absolute atomic E-state index is 0.0289. The van der Waals surface area contributed by atoms with Gasteiger partial charge in [-0.2, -0.15) is 0 Å². The van der Waals surface area contributed by atoms with Crippen LogP contribution in [0.2, 0.25) is 15.1 Å². The highest BCUT2D eigenvalue weighted by atomic mass is 35.5. The largest absolute Gasteiger partial charge is 0.487 e. The van der Waals surface area contributed by atoms with Crippen LogP contribution in [0.15, 0.2) is 12.1 Å². The summed E-state index contributed by atoms with van der Waals surface area (Å²) in [7, 11) is 0. The number of halogens is 4. The Morgan fingerprint density at radius 1 is 1.18 bits per heavy atom. The Labute approximate surface area is 121 Å². The summed E-state index contributed by atoms with van der Waals surface area (Å²) in [4.78, 5) is 0. The number of rotatable bonds is 2. The molecule has 1 aromatic carbocycles. The van der Waals surface area contributed by atoms with Crippen molar-refractivity contribution in [3.63, 3.8) is 0 Å². The molecule has 0 heterocycles. The molecule has 1 nitrogen and oxygen atoms in total. The molecule has 0 spiro atoms. The molecule has 17 heavy (non-hydrogen) atoms. The summed E-state index contributed by atoms with van der Waals surface area (Å²) in [6.07, 6.45) is 0.824.